The molecule has 0 rings (SSSR count). The molecule has 0 radical (unpaired) electrons. The minimum absolute atomic E-state index is 0.0257. The highest BCUT2D eigenvalue weighted by Gasteiger charge is 2.21. The molecule has 0 fully saturated rings. The Morgan fingerprint density at radius 3 is 1.35 bits per heavy atom. The predicted molar refractivity (Wildman–Crippen MR) is 249 cm³/mol. The Bertz CT molecular complexity index is 1470. The molecule has 2 atom stereocenters. The minimum atomic E-state index is -4.67. The first-order chi connectivity index (χ1) is 29.0. The van der Waals surface area contributed by atoms with Crippen LogP contribution in [0.15, 0.2) is 134 Å². The summed E-state index contributed by atoms with van der Waals surface area (Å²) in [5.74, 6) is -1.05. The molecule has 0 heterocycles. The van der Waals surface area contributed by atoms with Gasteiger partial charge in [0.15, 0.2) is 6.10 Å². The lowest BCUT2D eigenvalue weighted by Gasteiger charge is -2.28. The van der Waals surface area contributed by atoms with Crippen molar-refractivity contribution >= 4 is 19.8 Å². The topological polar surface area (TPSA) is 111 Å². The van der Waals surface area contributed by atoms with E-state index in [1.807, 2.05) is 33.3 Å². The largest absolute Gasteiger partial charge is 0.756 e. The summed E-state index contributed by atoms with van der Waals surface area (Å²) in [5.41, 5.74) is 0. The Morgan fingerprint density at radius 1 is 0.533 bits per heavy atom. The van der Waals surface area contributed by atoms with Crippen molar-refractivity contribution < 1.29 is 42.1 Å². The number of hydrogen-bond acceptors (Lipinski definition) is 8. The molecule has 2 unspecified atom stereocenters. The number of unbranched alkanes of at least 4 members (excludes halogenated alkanes) is 2. The molecule has 0 saturated carbocycles. The summed E-state index contributed by atoms with van der Waals surface area (Å²) in [6.45, 7) is 3.79. The van der Waals surface area contributed by atoms with Crippen LogP contribution in [0, 0.1) is 0 Å². The van der Waals surface area contributed by atoms with Crippen molar-refractivity contribution in [3.63, 3.8) is 0 Å². The third kappa shape index (κ3) is 43.7. The number of allylic oxidation sites excluding steroid dienone is 21. The first kappa shape index (κ1) is 56.1. The summed E-state index contributed by atoms with van der Waals surface area (Å²) in [5, 5.41) is 0. The number of likely N-dealkylation sites (N-methyl/N-ethyl adjacent to an activating group) is 1. The molecule has 0 saturated heterocycles. The van der Waals surface area contributed by atoms with Gasteiger partial charge in [-0.1, -0.05) is 148 Å². The van der Waals surface area contributed by atoms with Crippen molar-refractivity contribution in [1.29, 1.82) is 0 Å². The van der Waals surface area contributed by atoms with Crippen molar-refractivity contribution in [3.8, 4) is 0 Å². The predicted octanol–water partition coefficient (Wildman–Crippen LogP) is 12.0. The normalized spacial score (nSPS) is 14.8. The molecular weight excluding hydrogens is 774 g/mol. The quantitative estimate of drug-likeness (QED) is 0.0200. The Balaban J connectivity index is 4.60. The van der Waals surface area contributed by atoms with Gasteiger partial charge in [0.25, 0.3) is 7.82 Å². The lowest BCUT2D eigenvalue weighted by atomic mass is 10.2. The van der Waals surface area contributed by atoms with Crippen LogP contribution in [0.5, 0.6) is 0 Å². The molecule has 0 spiro atoms. The van der Waals surface area contributed by atoms with Gasteiger partial charge in [-0.2, -0.15) is 0 Å². The molecule has 9 nitrogen and oxygen atoms in total. The number of ether oxygens (including phenoxy) is 2. The number of hydrogen-bond donors (Lipinski definition) is 0. The molecule has 0 aliphatic carbocycles. The molecule has 0 aromatic heterocycles. The van der Waals surface area contributed by atoms with E-state index in [-0.39, 0.29) is 26.1 Å². The molecule has 0 bridgehead atoms. The van der Waals surface area contributed by atoms with Crippen LogP contribution in [0.3, 0.4) is 0 Å². The molecule has 0 aromatic carbocycles. The van der Waals surface area contributed by atoms with Gasteiger partial charge < -0.3 is 27.9 Å². The molecule has 10 heteroatoms. The minimum Gasteiger partial charge on any atom is -0.756 e. The van der Waals surface area contributed by atoms with E-state index in [4.69, 9.17) is 18.5 Å². The summed E-state index contributed by atoms with van der Waals surface area (Å²) in [7, 11) is 1.06. The highest BCUT2D eigenvalue weighted by molar-refractivity contribution is 7.45. The number of esters is 2. The lowest BCUT2D eigenvalue weighted by molar-refractivity contribution is -0.870. The van der Waals surface area contributed by atoms with Crippen LogP contribution in [-0.2, 0) is 32.7 Å². The van der Waals surface area contributed by atoms with Gasteiger partial charge >= 0.3 is 11.9 Å². The average Bonchev–Trinajstić information content (AvgIpc) is 3.20. The number of rotatable bonds is 37. The Hall–Kier alpha value is -3.85. The molecule has 0 aliphatic heterocycles. The standard InChI is InChI=1S/C50H78NO8P/c1-6-8-10-12-14-16-18-20-22-23-24-25-26-27-29-31-33-35-37-39-41-43-50(53)59-48(47-58-60(54,55)57-45-44-51(3,4)5)46-56-49(52)42-40-38-36-34-32-30-28-21-19-17-15-13-11-9-7-2/h8-11,14-17,20-22,24-25,27-29,32-35,38,40,48H,6-7,12-13,18-19,23,26,30-31,36-37,39,41-47H2,1-5H3/b10-8-,11-9-,16-14-,17-15-,22-20-,25-24-,28-21-,29-27-,34-32-,35-33-,40-38-. The maximum absolute atomic E-state index is 12.7. The van der Waals surface area contributed by atoms with E-state index in [1.165, 1.54) is 0 Å². The zero-order valence-electron chi connectivity index (χ0n) is 37.6. The van der Waals surface area contributed by atoms with E-state index < -0.39 is 32.5 Å². The molecule has 336 valence electrons. The van der Waals surface area contributed by atoms with Crippen LogP contribution in [0.25, 0.3) is 0 Å². The highest BCUT2D eigenvalue weighted by Crippen LogP contribution is 2.38. The summed E-state index contributed by atoms with van der Waals surface area (Å²) >= 11 is 0. The summed E-state index contributed by atoms with van der Waals surface area (Å²) in [6, 6.07) is 0. The monoisotopic (exact) mass is 852 g/mol. The molecule has 60 heavy (non-hydrogen) atoms. The van der Waals surface area contributed by atoms with Gasteiger partial charge in [-0.3, -0.25) is 14.2 Å². The zero-order valence-corrected chi connectivity index (χ0v) is 38.5. The van der Waals surface area contributed by atoms with Gasteiger partial charge in [-0.05, 0) is 89.9 Å². The van der Waals surface area contributed by atoms with Gasteiger partial charge in [-0.15, -0.1) is 0 Å². The third-order valence-corrected chi connectivity index (χ3v) is 9.16. The Labute approximate surface area is 364 Å². The van der Waals surface area contributed by atoms with Gasteiger partial charge in [0.2, 0.25) is 0 Å². The first-order valence-electron chi connectivity index (χ1n) is 21.9. The van der Waals surface area contributed by atoms with Gasteiger partial charge in [0, 0.05) is 6.42 Å². The third-order valence-electron chi connectivity index (χ3n) is 8.20. The molecule has 0 aliphatic rings. The summed E-state index contributed by atoms with van der Waals surface area (Å²) < 4.78 is 33.7. The summed E-state index contributed by atoms with van der Waals surface area (Å²) in [6.07, 6.45) is 58.0. The maximum Gasteiger partial charge on any atom is 0.309 e. The Morgan fingerprint density at radius 2 is 0.933 bits per heavy atom. The van der Waals surface area contributed by atoms with E-state index in [0.717, 1.165) is 77.0 Å². The van der Waals surface area contributed by atoms with Crippen LogP contribution in [0.2, 0.25) is 0 Å². The first-order valence-corrected chi connectivity index (χ1v) is 23.4. The molecule has 0 aromatic rings. The number of phosphoric ester groups is 1. The average molecular weight is 852 g/mol. The van der Waals surface area contributed by atoms with Crippen molar-refractivity contribution in [2.75, 3.05) is 47.5 Å². The van der Waals surface area contributed by atoms with E-state index >= 15 is 0 Å². The van der Waals surface area contributed by atoms with E-state index in [2.05, 4.69) is 129 Å². The van der Waals surface area contributed by atoms with E-state index in [9.17, 15) is 19.0 Å². The molecule has 0 N–H and O–H groups in total. The second kappa shape index (κ2) is 40.6. The number of phosphoric acid groups is 1. The van der Waals surface area contributed by atoms with Gasteiger partial charge in [-0.25, -0.2) is 0 Å². The fourth-order valence-electron chi connectivity index (χ4n) is 4.85. The summed E-state index contributed by atoms with van der Waals surface area (Å²) in [4.78, 5) is 37.5. The Kier molecular flexibility index (Phi) is 37.9. The van der Waals surface area contributed by atoms with E-state index in [1.54, 1.807) is 6.08 Å². The highest BCUT2D eigenvalue weighted by atomic mass is 31.2. The number of nitrogens with zero attached hydrogens (tertiary/aromatic N) is 1. The van der Waals surface area contributed by atoms with Crippen LogP contribution in [0.1, 0.15) is 117 Å². The number of carbonyl (C=O) groups excluding carboxylic acids is 2. The molecule has 0 amide bonds. The van der Waals surface area contributed by atoms with Crippen molar-refractivity contribution in [3.05, 3.63) is 134 Å². The zero-order chi connectivity index (χ0) is 44.3. The maximum atomic E-state index is 12.7. The van der Waals surface area contributed by atoms with Crippen LogP contribution in [0.4, 0.5) is 0 Å². The van der Waals surface area contributed by atoms with Crippen molar-refractivity contribution in [1.82, 2.24) is 0 Å². The fraction of sp³-hybridized carbons (Fsp3) is 0.520. The second-order valence-electron chi connectivity index (χ2n) is 15.0. The van der Waals surface area contributed by atoms with Crippen LogP contribution >= 0.6 is 7.82 Å². The van der Waals surface area contributed by atoms with Gasteiger partial charge in [0.1, 0.15) is 19.8 Å². The number of carbonyl (C=O) groups is 2. The fourth-order valence-corrected chi connectivity index (χ4v) is 5.57. The van der Waals surface area contributed by atoms with Crippen molar-refractivity contribution in [2.45, 2.75) is 123 Å². The number of quaternary nitrogens is 1. The van der Waals surface area contributed by atoms with Crippen LogP contribution in [-0.4, -0.2) is 70.0 Å². The van der Waals surface area contributed by atoms with E-state index in [0.29, 0.717) is 23.9 Å². The SMILES string of the molecule is CC/C=C\C/C=C\C/C=C\C/C=C\C/C=C\C/C=C\CCCCC(=O)OC(COC(=O)C/C=C\C/C=C\C/C=C\C/C=C\C/C=C\CC)COP(=O)([O-])OCC[N+](C)(C)C. The van der Waals surface area contributed by atoms with Crippen LogP contribution < -0.4 is 4.89 Å². The second-order valence-corrected chi connectivity index (χ2v) is 16.4. The molecular formula is C50H78NO8P. The van der Waals surface area contributed by atoms with Gasteiger partial charge in [0.05, 0.1) is 34.2 Å². The lowest BCUT2D eigenvalue weighted by Crippen LogP contribution is -2.37. The smallest absolute Gasteiger partial charge is 0.309 e. The van der Waals surface area contributed by atoms with Crippen molar-refractivity contribution in [2.24, 2.45) is 0 Å².